The molecule has 0 saturated carbocycles. The van der Waals surface area contributed by atoms with Gasteiger partial charge in [0.2, 0.25) is 0 Å². The molecule has 0 spiro atoms. The molecule has 0 bridgehead atoms. The van der Waals surface area contributed by atoms with Gasteiger partial charge in [0.15, 0.2) is 0 Å². The lowest BCUT2D eigenvalue weighted by molar-refractivity contribution is 0.675. The van der Waals surface area contributed by atoms with Crippen molar-refractivity contribution < 1.29 is 0 Å². The minimum Gasteiger partial charge on any atom is -0.268 e. The normalized spacial score (nSPS) is 12.7. The fourth-order valence-electron chi connectivity index (χ4n) is 1.44. The second kappa shape index (κ2) is 4.21. The van der Waals surface area contributed by atoms with Gasteiger partial charge < -0.3 is 0 Å². The fraction of sp³-hybridized carbons (Fsp3) is 0.182. The van der Waals surface area contributed by atoms with Crippen molar-refractivity contribution in [1.82, 2.24) is 3.96 Å². The number of aromatic nitrogens is 1. The topological polar surface area (TPSA) is 22.0 Å². The molecule has 0 aliphatic heterocycles. The Hall–Kier alpha value is -1.06. The first-order valence-electron chi connectivity index (χ1n) is 4.60. The van der Waals surface area contributed by atoms with Crippen LogP contribution in [0.5, 0.6) is 0 Å². The summed E-state index contributed by atoms with van der Waals surface area (Å²) in [6.07, 6.45) is 0. The second-order valence-corrected chi connectivity index (χ2v) is 4.61. The zero-order valence-electron chi connectivity index (χ0n) is 8.18. The first-order chi connectivity index (χ1) is 7.18. The summed E-state index contributed by atoms with van der Waals surface area (Å²) in [6, 6.07) is 9.21. The number of rotatable bonds is 2. The lowest BCUT2D eigenvalue weighted by Gasteiger charge is -2.11. The van der Waals surface area contributed by atoms with Gasteiger partial charge in [-0.05, 0) is 24.6 Å². The molecule has 15 heavy (non-hydrogen) atoms. The summed E-state index contributed by atoms with van der Waals surface area (Å²) in [7, 11) is 0. The van der Waals surface area contributed by atoms with Crippen LogP contribution in [0.1, 0.15) is 18.5 Å². The van der Waals surface area contributed by atoms with Gasteiger partial charge >= 0.3 is 0 Å². The van der Waals surface area contributed by atoms with Gasteiger partial charge in [-0.1, -0.05) is 35.3 Å². The van der Waals surface area contributed by atoms with E-state index in [-0.39, 0.29) is 11.6 Å². The van der Waals surface area contributed by atoms with Gasteiger partial charge in [-0.3, -0.25) is 8.75 Å². The predicted octanol–water partition coefficient (Wildman–Crippen LogP) is 3.17. The maximum absolute atomic E-state index is 11.4. The number of nitrogens with zero attached hydrogens (tertiary/aromatic N) is 1. The van der Waals surface area contributed by atoms with Crippen LogP contribution >= 0.6 is 23.1 Å². The summed E-state index contributed by atoms with van der Waals surface area (Å²) in [5, 5.41) is 2.51. The smallest absolute Gasteiger partial charge is 0.261 e. The third-order valence-electron chi connectivity index (χ3n) is 2.31. The van der Waals surface area contributed by atoms with E-state index in [4.69, 9.17) is 11.6 Å². The van der Waals surface area contributed by atoms with Gasteiger partial charge in [0.25, 0.3) is 5.56 Å². The molecule has 0 radical (unpaired) electrons. The number of halogens is 1. The van der Waals surface area contributed by atoms with Crippen LogP contribution in [0.3, 0.4) is 0 Å². The third kappa shape index (κ3) is 2.13. The molecule has 0 fully saturated rings. The zero-order chi connectivity index (χ0) is 10.8. The van der Waals surface area contributed by atoms with Gasteiger partial charge in [-0.2, -0.15) is 0 Å². The van der Waals surface area contributed by atoms with Crippen molar-refractivity contribution in [2.24, 2.45) is 0 Å². The van der Waals surface area contributed by atoms with Gasteiger partial charge in [-0.15, -0.1) is 0 Å². The Bertz CT molecular complexity index is 500. The molecule has 0 N–H and O–H groups in total. The van der Waals surface area contributed by atoms with Crippen LogP contribution in [0, 0.1) is 0 Å². The van der Waals surface area contributed by atoms with Gasteiger partial charge in [0.1, 0.15) is 0 Å². The summed E-state index contributed by atoms with van der Waals surface area (Å²) in [6.45, 7) is 2.00. The lowest BCUT2D eigenvalue weighted by Crippen LogP contribution is -2.16. The van der Waals surface area contributed by atoms with Crippen molar-refractivity contribution in [2.45, 2.75) is 13.0 Å². The van der Waals surface area contributed by atoms with E-state index in [0.29, 0.717) is 5.02 Å². The molecular weight excluding hydrogens is 230 g/mol. The lowest BCUT2D eigenvalue weighted by atomic mass is 10.1. The Balaban J connectivity index is 2.36. The van der Waals surface area contributed by atoms with Gasteiger partial charge in [-0.25, -0.2) is 0 Å². The first-order valence-corrected chi connectivity index (χ1v) is 5.82. The van der Waals surface area contributed by atoms with Crippen molar-refractivity contribution in [3.8, 4) is 0 Å². The molecule has 2 rings (SSSR count). The van der Waals surface area contributed by atoms with Gasteiger partial charge in [0.05, 0.1) is 6.04 Å². The van der Waals surface area contributed by atoms with Crippen LogP contribution in [0.2, 0.25) is 5.02 Å². The van der Waals surface area contributed by atoms with E-state index in [1.54, 1.807) is 15.4 Å². The molecule has 1 atom stereocenters. The fourth-order valence-corrected chi connectivity index (χ4v) is 2.34. The zero-order valence-corrected chi connectivity index (χ0v) is 9.76. The van der Waals surface area contributed by atoms with Gasteiger partial charge in [0, 0.05) is 16.5 Å². The number of hydrogen-bond acceptors (Lipinski definition) is 2. The molecule has 1 unspecified atom stereocenters. The van der Waals surface area contributed by atoms with Crippen LogP contribution in [-0.2, 0) is 0 Å². The average Bonchev–Trinajstić information content (AvgIpc) is 2.65. The number of hydrogen-bond donors (Lipinski definition) is 0. The van der Waals surface area contributed by atoms with Crippen molar-refractivity contribution >= 4 is 23.1 Å². The molecule has 2 aromatic rings. The maximum atomic E-state index is 11.4. The van der Waals surface area contributed by atoms with E-state index in [1.165, 1.54) is 11.5 Å². The molecule has 0 aliphatic rings. The van der Waals surface area contributed by atoms with E-state index >= 15 is 0 Å². The maximum Gasteiger partial charge on any atom is 0.261 e. The van der Waals surface area contributed by atoms with E-state index in [2.05, 4.69) is 0 Å². The Morgan fingerprint density at radius 2 is 1.93 bits per heavy atom. The van der Waals surface area contributed by atoms with Crippen molar-refractivity contribution in [2.75, 3.05) is 0 Å². The van der Waals surface area contributed by atoms with Crippen LogP contribution in [0.4, 0.5) is 0 Å². The van der Waals surface area contributed by atoms with E-state index in [9.17, 15) is 4.79 Å². The number of benzene rings is 1. The van der Waals surface area contributed by atoms with Crippen LogP contribution in [0.15, 0.2) is 40.5 Å². The minimum atomic E-state index is 0.0439. The van der Waals surface area contributed by atoms with E-state index in [1.807, 2.05) is 31.2 Å². The molecule has 0 amide bonds. The van der Waals surface area contributed by atoms with Crippen LogP contribution < -0.4 is 5.56 Å². The molecule has 0 aliphatic carbocycles. The largest absolute Gasteiger partial charge is 0.268 e. The molecule has 1 aromatic heterocycles. The Morgan fingerprint density at radius 1 is 1.27 bits per heavy atom. The monoisotopic (exact) mass is 239 g/mol. The van der Waals surface area contributed by atoms with E-state index < -0.39 is 0 Å². The third-order valence-corrected chi connectivity index (χ3v) is 3.54. The Kier molecular flexibility index (Phi) is 2.93. The summed E-state index contributed by atoms with van der Waals surface area (Å²) in [5.74, 6) is 0. The van der Waals surface area contributed by atoms with Crippen molar-refractivity contribution in [1.29, 1.82) is 0 Å². The molecule has 1 heterocycles. The molecular formula is C11H10ClNOS. The summed E-state index contributed by atoms with van der Waals surface area (Å²) >= 11 is 7.23. The highest BCUT2D eigenvalue weighted by atomic mass is 35.5. The van der Waals surface area contributed by atoms with Crippen LogP contribution in [-0.4, -0.2) is 3.96 Å². The molecule has 2 nitrogen and oxygen atoms in total. The highest BCUT2D eigenvalue weighted by Gasteiger charge is 2.09. The van der Waals surface area contributed by atoms with Crippen molar-refractivity contribution in [3.63, 3.8) is 0 Å². The summed E-state index contributed by atoms with van der Waals surface area (Å²) < 4.78 is 1.74. The Labute approximate surface area is 96.9 Å². The van der Waals surface area contributed by atoms with Crippen LogP contribution in [0.25, 0.3) is 0 Å². The second-order valence-electron chi connectivity index (χ2n) is 3.30. The summed E-state index contributed by atoms with van der Waals surface area (Å²) in [5.41, 5.74) is 1.13. The highest BCUT2D eigenvalue weighted by molar-refractivity contribution is 7.04. The summed E-state index contributed by atoms with van der Waals surface area (Å²) in [4.78, 5) is 11.4. The SMILES string of the molecule is CC(c1ccc(Cl)cc1)n1sccc1=O. The first kappa shape index (κ1) is 10.5. The quantitative estimate of drug-likeness (QED) is 0.789. The predicted molar refractivity (Wildman–Crippen MR) is 63.8 cm³/mol. The highest BCUT2D eigenvalue weighted by Crippen LogP contribution is 2.20. The van der Waals surface area contributed by atoms with Crippen molar-refractivity contribution in [3.05, 3.63) is 56.7 Å². The molecule has 0 saturated heterocycles. The molecule has 78 valence electrons. The molecule has 1 aromatic carbocycles. The van der Waals surface area contributed by atoms with E-state index in [0.717, 1.165) is 5.56 Å². The standard InChI is InChI=1S/C11H10ClNOS/c1-8(13-11(14)6-7-15-13)9-2-4-10(12)5-3-9/h2-8H,1H3. The molecule has 4 heteroatoms. The Morgan fingerprint density at radius 3 is 2.47 bits per heavy atom. The average molecular weight is 240 g/mol. The minimum absolute atomic E-state index is 0.0439.